The lowest BCUT2D eigenvalue weighted by Gasteiger charge is -2.50. The van der Waals surface area contributed by atoms with Gasteiger partial charge in [0.05, 0.1) is 13.2 Å². The van der Waals surface area contributed by atoms with E-state index in [-0.39, 0.29) is 25.7 Å². The summed E-state index contributed by atoms with van der Waals surface area (Å²) in [5.41, 5.74) is 0. The molecule has 0 spiro atoms. The zero-order valence-electron chi connectivity index (χ0n) is 75.6. The molecule has 0 aromatic rings. The molecule has 120 heavy (non-hydrogen) atoms. The lowest BCUT2D eigenvalue weighted by atomic mass is 9.84. The maximum atomic E-state index is 14.9. The predicted octanol–water partition coefficient (Wildman–Crippen LogP) is 18.6. The lowest BCUT2D eigenvalue weighted by molar-refractivity contribution is -0.360. The quantitative estimate of drug-likeness (QED) is 0.00889. The summed E-state index contributed by atoms with van der Waals surface area (Å²) in [5.74, 6) is -2.33. The standard InChI is InChI=1S/C94H175O25P/c1-6-10-14-18-22-25-28-31-34-37-40-43-46-53-59-65-77(96)110-70-74(113-79(98)67-61-55-48-45-42-39-36-33-30-27-24-20-16-12-8-3)71-112-120(108,109)119-92-90(117-93-87(106)83(102)81(100)75(69-95)114-93)86(105)85(104)89(116-80(99)68-62-56-50-49-52-58-64-73(5)63-57-51-21-17-13-9-4)91(92)118-94-88(107)84(103)82(101)76(115-94)72-111-78(97)66-60-54-47-44-41-38-35-32-29-26-23-19-15-11-7-2/h27,30,73-76,81-95,100-107H,6-26,28-29,31-72H2,1-5H3,(H,108,109)/b30-27-. The van der Waals surface area contributed by atoms with Crippen LogP contribution in [0.5, 0.6) is 0 Å². The van der Waals surface area contributed by atoms with E-state index in [9.17, 15) is 74.6 Å². The van der Waals surface area contributed by atoms with Crippen molar-refractivity contribution in [1.82, 2.24) is 0 Å². The number of aliphatic hydroxyl groups excluding tert-OH is 9. The van der Waals surface area contributed by atoms with Crippen LogP contribution in [0.2, 0.25) is 0 Å². The van der Waals surface area contributed by atoms with Crippen LogP contribution in [0.3, 0.4) is 0 Å². The minimum Gasteiger partial charge on any atom is -0.463 e. The van der Waals surface area contributed by atoms with E-state index in [2.05, 4.69) is 46.8 Å². The van der Waals surface area contributed by atoms with Crippen LogP contribution in [0.1, 0.15) is 426 Å². The Labute approximate surface area is 724 Å². The van der Waals surface area contributed by atoms with Crippen LogP contribution in [0.15, 0.2) is 12.2 Å². The molecule has 2 aliphatic heterocycles. The van der Waals surface area contributed by atoms with E-state index in [0.29, 0.717) is 44.4 Å². The Balaban J connectivity index is 1.91. The molecule has 25 nitrogen and oxygen atoms in total. The predicted molar refractivity (Wildman–Crippen MR) is 467 cm³/mol. The second-order valence-corrected chi connectivity index (χ2v) is 36.6. The van der Waals surface area contributed by atoms with E-state index >= 15 is 0 Å². The van der Waals surface area contributed by atoms with E-state index in [1.807, 2.05) is 0 Å². The summed E-state index contributed by atoms with van der Waals surface area (Å²) in [6, 6.07) is 0. The van der Waals surface area contributed by atoms with Crippen molar-refractivity contribution in [3.05, 3.63) is 12.2 Å². The first-order chi connectivity index (χ1) is 58.1. The number of unbranched alkanes of at least 4 members (excludes halogenated alkanes) is 49. The van der Waals surface area contributed by atoms with E-state index in [1.165, 1.54) is 186 Å². The summed E-state index contributed by atoms with van der Waals surface area (Å²) >= 11 is 0. The topological polar surface area (TPSA) is 380 Å². The molecule has 26 heteroatoms. The fraction of sp³-hybridized carbons (Fsp3) is 0.936. The second-order valence-electron chi connectivity index (χ2n) is 35.2. The van der Waals surface area contributed by atoms with Crippen molar-refractivity contribution < 1.29 is 122 Å². The minimum atomic E-state index is -5.81. The number of rotatable bonds is 79. The summed E-state index contributed by atoms with van der Waals surface area (Å²) in [6.07, 6.45) is 30.4. The number of carbonyl (C=O) groups is 4. The van der Waals surface area contributed by atoms with Gasteiger partial charge in [-0.2, -0.15) is 0 Å². The van der Waals surface area contributed by atoms with Gasteiger partial charge in [-0.25, -0.2) is 4.57 Å². The zero-order valence-corrected chi connectivity index (χ0v) is 76.4. The van der Waals surface area contributed by atoms with Gasteiger partial charge in [0, 0.05) is 25.7 Å². The SMILES string of the molecule is CCCCCC/C=C\CCCCCCCCCC(=O)OC(COC(=O)CCCCCCCCCCCCCCCCC)COP(=O)(O)OC1C(OC2OC(CO)C(O)C(O)C2O)C(O)C(O)C(OC(=O)CCCCCCCCC(C)CCCCCCCC)C1OC1OC(COC(=O)CCCCCCCCCCCCCCCCC)C(O)C(O)C1O. The molecule has 19 unspecified atom stereocenters. The third-order valence-corrected chi connectivity index (χ3v) is 25.2. The number of phosphoric acid groups is 1. The van der Waals surface area contributed by atoms with Gasteiger partial charge < -0.3 is 88.7 Å². The first kappa shape index (κ1) is 111. The van der Waals surface area contributed by atoms with Crippen molar-refractivity contribution in [3.8, 4) is 0 Å². The van der Waals surface area contributed by atoms with Gasteiger partial charge in [0.25, 0.3) is 0 Å². The number of aliphatic hydroxyl groups is 9. The molecule has 0 aromatic carbocycles. The van der Waals surface area contributed by atoms with Crippen LogP contribution in [0.25, 0.3) is 0 Å². The normalized spacial score (nSPS) is 25.0. The van der Waals surface area contributed by atoms with Gasteiger partial charge in [-0.15, -0.1) is 0 Å². The van der Waals surface area contributed by atoms with Gasteiger partial charge in [0.2, 0.25) is 0 Å². The van der Waals surface area contributed by atoms with Crippen molar-refractivity contribution in [2.24, 2.45) is 5.92 Å². The summed E-state index contributed by atoms with van der Waals surface area (Å²) in [6.45, 7) is 7.92. The maximum absolute atomic E-state index is 14.9. The third-order valence-electron chi connectivity index (χ3n) is 24.2. The molecule has 2 saturated heterocycles. The molecular formula is C94H175O25P. The minimum absolute atomic E-state index is 0.0184. The molecule has 3 fully saturated rings. The number of ether oxygens (including phenoxy) is 8. The van der Waals surface area contributed by atoms with Crippen LogP contribution in [-0.4, -0.2) is 205 Å². The summed E-state index contributed by atoms with van der Waals surface area (Å²) in [4.78, 5) is 66.6. The molecule has 706 valence electrons. The number of carbonyl (C=O) groups excluding carboxylic acids is 4. The highest BCUT2D eigenvalue weighted by Crippen LogP contribution is 2.49. The Morgan fingerprint density at radius 2 is 0.675 bits per heavy atom. The van der Waals surface area contributed by atoms with Crippen LogP contribution in [0, 0.1) is 5.92 Å². The van der Waals surface area contributed by atoms with Crippen molar-refractivity contribution >= 4 is 31.7 Å². The Morgan fingerprint density at radius 1 is 0.350 bits per heavy atom. The van der Waals surface area contributed by atoms with Crippen LogP contribution in [0.4, 0.5) is 0 Å². The molecule has 19 atom stereocenters. The van der Waals surface area contributed by atoms with E-state index in [1.54, 1.807) is 0 Å². The highest BCUT2D eigenvalue weighted by atomic mass is 31.2. The van der Waals surface area contributed by atoms with Crippen molar-refractivity contribution in [2.45, 2.75) is 530 Å². The number of allylic oxidation sites excluding steroid dienone is 2. The van der Waals surface area contributed by atoms with Gasteiger partial charge in [-0.1, -0.05) is 361 Å². The molecule has 1 saturated carbocycles. The zero-order chi connectivity index (χ0) is 87.6. The largest absolute Gasteiger partial charge is 0.472 e. The number of hydrogen-bond acceptors (Lipinski definition) is 24. The number of phosphoric ester groups is 1. The highest BCUT2D eigenvalue weighted by molar-refractivity contribution is 7.47. The fourth-order valence-electron chi connectivity index (χ4n) is 16.3. The Bertz CT molecular complexity index is 2550. The number of esters is 4. The fourth-order valence-corrected chi connectivity index (χ4v) is 17.3. The van der Waals surface area contributed by atoms with Crippen molar-refractivity contribution in [3.63, 3.8) is 0 Å². The highest BCUT2D eigenvalue weighted by Gasteiger charge is 2.60. The molecule has 1 aliphatic carbocycles. The smallest absolute Gasteiger partial charge is 0.463 e. The summed E-state index contributed by atoms with van der Waals surface area (Å²) in [7, 11) is -5.81. The molecule has 0 aromatic heterocycles. The summed E-state index contributed by atoms with van der Waals surface area (Å²) < 4.78 is 73.6. The average Bonchev–Trinajstić information content (AvgIpc) is 0.753. The molecule has 3 aliphatic rings. The molecule has 3 rings (SSSR count). The van der Waals surface area contributed by atoms with Gasteiger partial charge in [0.15, 0.2) is 24.8 Å². The Kier molecular flexibility index (Phi) is 67.0. The maximum Gasteiger partial charge on any atom is 0.472 e. The lowest BCUT2D eigenvalue weighted by Crippen LogP contribution is -2.70. The Hall–Kier alpha value is -2.79. The third kappa shape index (κ3) is 51.9. The van der Waals surface area contributed by atoms with Gasteiger partial charge in [0.1, 0.15) is 92.6 Å². The Morgan fingerprint density at radius 3 is 1.08 bits per heavy atom. The van der Waals surface area contributed by atoms with Crippen LogP contribution < -0.4 is 0 Å². The molecule has 0 amide bonds. The van der Waals surface area contributed by atoms with Gasteiger partial charge in [-0.3, -0.25) is 28.2 Å². The average molecular weight is 1740 g/mol. The van der Waals surface area contributed by atoms with Crippen molar-refractivity contribution in [2.75, 3.05) is 26.4 Å². The summed E-state index contributed by atoms with van der Waals surface area (Å²) in [5, 5.41) is 103. The molecule has 0 radical (unpaired) electrons. The van der Waals surface area contributed by atoms with Crippen LogP contribution in [-0.2, 0) is 70.7 Å². The van der Waals surface area contributed by atoms with Crippen LogP contribution >= 0.6 is 7.82 Å². The van der Waals surface area contributed by atoms with Gasteiger partial charge in [-0.05, 0) is 57.3 Å². The first-order valence-electron chi connectivity index (χ1n) is 48.8. The number of hydrogen-bond donors (Lipinski definition) is 10. The van der Waals surface area contributed by atoms with Gasteiger partial charge >= 0.3 is 31.7 Å². The van der Waals surface area contributed by atoms with E-state index < -0.39 is 162 Å². The first-order valence-corrected chi connectivity index (χ1v) is 50.3. The van der Waals surface area contributed by atoms with Crippen molar-refractivity contribution in [1.29, 1.82) is 0 Å². The molecule has 0 bridgehead atoms. The molecule has 2 heterocycles. The monoisotopic (exact) mass is 1740 g/mol. The van der Waals surface area contributed by atoms with E-state index in [0.717, 1.165) is 141 Å². The second kappa shape index (κ2) is 72.2. The van der Waals surface area contributed by atoms with E-state index in [4.69, 9.17) is 46.9 Å². The molecule has 10 N–H and O–H groups in total. The molecular weight excluding hydrogens is 1560 g/mol.